The van der Waals surface area contributed by atoms with Crippen LogP contribution in [0.25, 0.3) is 10.9 Å². The summed E-state index contributed by atoms with van der Waals surface area (Å²) >= 11 is 2.37. The largest absolute Gasteiger partial charge is 0.350 e. The molecule has 1 aromatic heterocycles. The van der Waals surface area contributed by atoms with Crippen molar-refractivity contribution in [3.63, 3.8) is 0 Å². The molecule has 0 aliphatic rings. The second kappa shape index (κ2) is 2.76. The summed E-state index contributed by atoms with van der Waals surface area (Å²) in [6, 6.07) is 6.49. The van der Waals surface area contributed by atoms with Gasteiger partial charge in [-0.3, -0.25) is 0 Å². The Hall–Kier alpha value is -0.510. The van der Waals surface area contributed by atoms with Gasteiger partial charge in [0.2, 0.25) is 0 Å². The Kier molecular flexibility index (Phi) is 1.87. The Morgan fingerprint density at radius 3 is 2.75 bits per heavy atom. The van der Waals surface area contributed by atoms with Crippen molar-refractivity contribution in [1.29, 1.82) is 0 Å². The average molecular weight is 271 g/mol. The van der Waals surface area contributed by atoms with Crippen LogP contribution in [0.15, 0.2) is 24.4 Å². The third kappa shape index (κ3) is 1.05. The van der Waals surface area contributed by atoms with E-state index in [1.165, 1.54) is 20.0 Å². The van der Waals surface area contributed by atoms with Crippen LogP contribution < -0.4 is 0 Å². The van der Waals surface area contributed by atoms with Crippen LogP contribution in [0.4, 0.5) is 0 Å². The van der Waals surface area contributed by atoms with E-state index in [1.54, 1.807) is 0 Å². The molecule has 62 valence electrons. The molecule has 0 amide bonds. The first-order valence-corrected chi connectivity index (χ1v) is 4.98. The van der Waals surface area contributed by atoms with Gasteiger partial charge in [0.1, 0.15) is 0 Å². The average Bonchev–Trinajstić information content (AvgIpc) is 2.41. The minimum Gasteiger partial charge on any atom is -0.350 e. The molecule has 0 aliphatic heterocycles. The van der Waals surface area contributed by atoms with Crippen molar-refractivity contribution in [2.75, 3.05) is 0 Å². The molecule has 0 radical (unpaired) electrons. The fourth-order valence-corrected chi connectivity index (χ4v) is 2.00. The minimum absolute atomic E-state index is 1.33. The van der Waals surface area contributed by atoms with Gasteiger partial charge in [-0.05, 0) is 52.6 Å². The van der Waals surface area contributed by atoms with E-state index in [4.69, 9.17) is 0 Å². The van der Waals surface area contributed by atoms with E-state index in [0.717, 1.165) is 0 Å². The van der Waals surface area contributed by atoms with Crippen molar-refractivity contribution in [3.05, 3.63) is 33.5 Å². The quantitative estimate of drug-likeness (QED) is 0.649. The summed E-state index contributed by atoms with van der Waals surface area (Å²) in [6.07, 6.45) is 2.10. The van der Waals surface area contributed by atoms with E-state index in [9.17, 15) is 0 Å². The number of fused-ring (bicyclic) bond motifs is 1. The van der Waals surface area contributed by atoms with Crippen molar-refractivity contribution < 1.29 is 0 Å². The summed E-state index contributed by atoms with van der Waals surface area (Å²) in [5.74, 6) is 0. The van der Waals surface area contributed by atoms with E-state index in [1.807, 2.05) is 0 Å². The highest BCUT2D eigenvalue weighted by molar-refractivity contribution is 14.1. The standard InChI is InChI=1S/C10H10IN/c1-7-9(11)4-3-8-5-6-12(2)10(7)8/h3-6H,1-2H3. The number of rotatable bonds is 0. The van der Waals surface area contributed by atoms with Gasteiger partial charge in [-0.2, -0.15) is 0 Å². The number of aryl methyl sites for hydroxylation is 2. The lowest BCUT2D eigenvalue weighted by molar-refractivity contribution is 0.963. The van der Waals surface area contributed by atoms with Crippen LogP contribution in [0.3, 0.4) is 0 Å². The van der Waals surface area contributed by atoms with Gasteiger partial charge in [0.15, 0.2) is 0 Å². The van der Waals surface area contributed by atoms with Gasteiger partial charge in [0.25, 0.3) is 0 Å². The van der Waals surface area contributed by atoms with Crippen LogP contribution in [0, 0.1) is 10.5 Å². The van der Waals surface area contributed by atoms with Crippen molar-refractivity contribution in [3.8, 4) is 0 Å². The molecular formula is C10H10IN. The lowest BCUT2D eigenvalue weighted by Crippen LogP contribution is -1.89. The first-order chi connectivity index (χ1) is 5.70. The number of hydrogen-bond acceptors (Lipinski definition) is 0. The molecule has 0 unspecified atom stereocenters. The van der Waals surface area contributed by atoms with Gasteiger partial charge in [-0.1, -0.05) is 6.07 Å². The Balaban J connectivity index is 2.96. The van der Waals surface area contributed by atoms with Crippen LogP contribution in [-0.2, 0) is 7.05 Å². The van der Waals surface area contributed by atoms with Crippen LogP contribution in [0.2, 0.25) is 0 Å². The zero-order valence-corrected chi connectivity index (χ0v) is 9.29. The van der Waals surface area contributed by atoms with Gasteiger partial charge < -0.3 is 4.57 Å². The summed E-state index contributed by atoms with van der Waals surface area (Å²) in [6.45, 7) is 2.17. The van der Waals surface area contributed by atoms with Gasteiger partial charge >= 0.3 is 0 Å². The van der Waals surface area contributed by atoms with E-state index >= 15 is 0 Å². The Bertz CT molecular complexity index is 429. The van der Waals surface area contributed by atoms with Gasteiger partial charge in [0.05, 0.1) is 5.52 Å². The van der Waals surface area contributed by atoms with Crippen LogP contribution >= 0.6 is 22.6 Å². The number of halogens is 1. The predicted octanol–water partition coefficient (Wildman–Crippen LogP) is 3.09. The van der Waals surface area contributed by atoms with Crippen LogP contribution in [0.1, 0.15) is 5.56 Å². The summed E-state index contributed by atoms with van der Waals surface area (Å²) < 4.78 is 3.51. The maximum Gasteiger partial charge on any atom is 0.0517 e. The van der Waals surface area contributed by atoms with Crippen molar-refractivity contribution in [2.24, 2.45) is 7.05 Å². The molecule has 1 nitrogen and oxygen atoms in total. The van der Waals surface area contributed by atoms with Crippen molar-refractivity contribution >= 4 is 33.5 Å². The number of hydrogen-bond donors (Lipinski definition) is 0. The van der Waals surface area contributed by atoms with Gasteiger partial charge in [0, 0.05) is 16.8 Å². The topological polar surface area (TPSA) is 4.93 Å². The summed E-state index contributed by atoms with van der Waals surface area (Å²) in [5.41, 5.74) is 2.72. The Morgan fingerprint density at radius 2 is 2.00 bits per heavy atom. The third-order valence-corrected chi connectivity index (χ3v) is 3.40. The molecule has 12 heavy (non-hydrogen) atoms. The molecule has 0 saturated heterocycles. The molecular weight excluding hydrogens is 261 g/mol. The SMILES string of the molecule is Cc1c(I)ccc2ccn(C)c12. The van der Waals surface area contributed by atoms with Crippen LogP contribution in [-0.4, -0.2) is 4.57 Å². The summed E-state index contributed by atoms with van der Waals surface area (Å²) in [5, 5.41) is 1.33. The number of benzene rings is 1. The molecule has 0 saturated carbocycles. The zero-order valence-electron chi connectivity index (χ0n) is 7.13. The van der Waals surface area contributed by atoms with Crippen LogP contribution in [0.5, 0.6) is 0 Å². The maximum atomic E-state index is 2.37. The van der Waals surface area contributed by atoms with Crippen molar-refractivity contribution in [2.45, 2.75) is 6.92 Å². The molecule has 0 spiro atoms. The molecule has 0 fully saturated rings. The smallest absolute Gasteiger partial charge is 0.0517 e. The lowest BCUT2D eigenvalue weighted by atomic mass is 10.2. The highest BCUT2D eigenvalue weighted by Gasteiger charge is 2.03. The zero-order chi connectivity index (χ0) is 8.72. The van der Waals surface area contributed by atoms with Crippen molar-refractivity contribution in [1.82, 2.24) is 4.57 Å². The van der Waals surface area contributed by atoms with Gasteiger partial charge in [-0.15, -0.1) is 0 Å². The molecule has 1 aromatic carbocycles. The molecule has 2 rings (SSSR count). The summed E-state index contributed by atoms with van der Waals surface area (Å²) in [7, 11) is 2.09. The second-order valence-corrected chi connectivity index (χ2v) is 4.20. The first kappa shape index (κ1) is 8.10. The Morgan fingerprint density at radius 1 is 1.25 bits per heavy atom. The third-order valence-electron chi connectivity index (χ3n) is 2.23. The maximum absolute atomic E-state index is 2.37. The molecule has 0 atom stereocenters. The van der Waals surface area contributed by atoms with E-state index < -0.39 is 0 Å². The summed E-state index contributed by atoms with van der Waals surface area (Å²) in [4.78, 5) is 0. The molecule has 0 aliphatic carbocycles. The normalized spacial score (nSPS) is 10.9. The molecule has 0 bridgehead atoms. The first-order valence-electron chi connectivity index (χ1n) is 3.90. The fourth-order valence-electron chi connectivity index (χ4n) is 1.57. The fraction of sp³-hybridized carbons (Fsp3) is 0.200. The van der Waals surface area contributed by atoms with E-state index in [0.29, 0.717) is 0 Å². The second-order valence-electron chi connectivity index (χ2n) is 3.04. The number of aromatic nitrogens is 1. The lowest BCUT2D eigenvalue weighted by Gasteiger charge is -2.02. The van der Waals surface area contributed by atoms with Gasteiger partial charge in [-0.25, -0.2) is 0 Å². The van der Waals surface area contributed by atoms with E-state index in [-0.39, 0.29) is 0 Å². The minimum atomic E-state index is 1.33. The molecule has 1 heterocycles. The van der Waals surface area contributed by atoms with E-state index in [2.05, 4.69) is 65.5 Å². The molecule has 2 aromatic rings. The highest BCUT2D eigenvalue weighted by atomic mass is 127. The molecule has 0 N–H and O–H groups in total. The predicted molar refractivity (Wildman–Crippen MR) is 60.4 cm³/mol. The Labute approximate surface area is 85.5 Å². The highest BCUT2D eigenvalue weighted by Crippen LogP contribution is 2.23. The molecule has 2 heteroatoms. The monoisotopic (exact) mass is 271 g/mol. The number of nitrogens with zero attached hydrogens (tertiary/aromatic N) is 1.